The topological polar surface area (TPSA) is 73.2 Å². The fourth-order valence-corrected chi connectivity index (χ4v) is 4.50. The molecule has 0 aliphatic carbocycles. The lowest BCUT2D eigenvalue weighted by Gasteiger charge is -2.31. The number of nitriles is 1. The van der Waals surface area contributed by atoms with Gasteiger partial charge in [-0.05, 0) is 38.1 Å². The van der Waals surface area contributed by atoms with Gasteiger partial charge in [0, 0.05) is 23.6 Å². The summed E-state index contributed by atoms with van der Waals surface area (Å²) in [7, 11) is -1.63. The van der Waals surface area contributed by atoms with Gasteiger partial charge in [0.05, 0.1) is 16.5 Å². The summed E-state index contributed by atoms with van der Waals surface area (Å²) in [5, 5.41) is 12.1. The van der Waals surface area contributed by atoms with E-state index in [1.165, 1.54) is 10.4 Å². The van der Waals surface area contributed by atoms with Crippen molar-refractivity contribution in [1.82, 2.24) is 9.62 Å². The fourth-order valence-electron chi connectivity index (χ4n) is 2.31. The highest BCUT2D eigenvalue weighted by Crippen LogP contribution is 2.24. The molecular formula is C13H16BrN3O2S. The van der Waals surface area contributed by atoms with Gasteiger partial charge >= 0.3 is 0 Å². The summed E-state index contributed by atoms with van der Waals surface area (Å²) < 4.78 is 27.2. The zero-order chi connectivity index (χ0) is 14.8. The quantitative estimate of drug-likeness (QED) is 0.893. The highest BCUT2D eigenvalue weighted by atomic mass is 79.9. The first-order valence-corrected chi connectivity index (χ1v) is 8.59. The zero-order valence-corrected chi connectivity index (χ0v) is 13.5. The first-order chi connectivity index (χ1) is 9.47. The first kappa shape index (κ1) is 15.4. The molecule has 1 heterocycles. The molecule has 1 saturated heterocycles. The average molecular weight is 358 g/mol. The monoisotopic (exact) mass is 357 g/mol. The molecule has 0 aromatic heterocycles. The molecule has 1 aliphatic rings. The number of piperidine rings is 1. The minimum absolute atomic E-state index is 0.173. The molecule has 1 aromatic carbocycles. The average Bonchev–Trinajstić information content (AvgIpc) is 2.46. The summed E-state index contributed by atoms with van der Waals surface area (Å²) in [6, 6.07) is 6.92. The Morgan fingerprint density at radius 3 is 2.55 bits per heavy atom. The van der Waals surface area contributed by atoms with Crippen LogP contribution in [-0.2, 0) is 10.0 Å². The maximum absolute atomic E-state index is 12.6. The number of rotatable bonds is 3. The van der Waals surface area contributed by atoms with Crippen molar-refractivity contribution in [3.63, 3.8) is 0 Å². The van der Waals surface area contributed by atoms with E-state index in [1.54, 1.807) is 12.1 Å². The van der Waals surface area contributed by atoms with Crippen LogP contribution in [0, 0.1) is 11.3 Å². The van der Waals surface area contributed by atoms with Crippen LogP contribution in [0.15, 0.2) is 27.6 Å². The van der Waals surface area contributed by atoms with Crippen molar-refractivity contribution in [3.05, 3.63) is 28.2 Å². The van der Waals surface area contributed by atoms with Crippen molar-refractivity contribution < 1.29 is 8.42 Å². The number of halogens is 1. The van der Waals surface area contributed by atoms with Gasteiger partial charge in [-0.1, -0.05) is 15.9 Å². The first-order valence-electron chi connectivity index (χ1n) is 6.35. The Morgan fingerprint density at radius 1 is 1.35 bits per heavy atom. The Kier molecular flexibility index (Phi) is 4.81. The van der Waals surface area contributed by atoms with Crippen LogP contribution in [0.2, 0.25) is 0 Å². The van der Waals surface area contributed by atoms with Gasteiger partial charge in [0.25, 0.3) is 0 Å². The van der Waals surface area contributed by atoms with E-state index in [4.69, 9.17) is 5.26 Å². The van der Waals surface area contributed by atoms with Crippen molar-refractivity contribution >= 4 is 26.0 Å². The Bertz CT molecular complexity index is 632. The number of nitrogens with zero attached hydrogens (tertiary/aromatic N) is 2. The molecule has 20 heavy (non-hydrogen) atoms. The van der Waals surface area contributed by atoms with Crippen LogP contribution in [0.4, 0.5) is 0 Å². The third-order valence-corrected chi connectivity index (χ3v) is 5.83. The summed E-state index contributed by atoms with van der Waals surface area (Å²) in [5.74, 6) is 0. The van der Waals surface area contributed by atoms with Crippen LogP contribution in [0.1, 0.15) is 18.4 Å². The number of nitrogens with one attached hydrogen (secondary N) is 1. The van der Waals surface area contributed by atoms with Gasteiger partial charge in [0.2, 0.25) is 10.0 Å². The number of sulfonamides is 1. The molecule has 0 saturated carbocycles. The largest absolute Gasteiger partial charge is 0.317 e. The Balaban J connectivity index is 2.27. The minimum atomic E-state index is -3.52. The van der Waals surface area contributed by atoms with Crippen molar-refractivity contribution in [2.45, 2.75) is 23.8 Å². The van der Waals surface area contributed by atoms with E-state index < -0.39 is 10.0 Å². The third kappa shape index (κ3) is 3.20. The molecule has 0 atom stereocenters. The Hall–Kier alpha value is -0.940. The van der Waals surface area contributed by atoms with Gasteiger partial charge in [-0.3, -0.25) is 0 Å². The molecule has 0 amide bonds. The van der Waals surface area contributed by atoms with Gasteiger partial charge < -0.3 is 5.32 Å². The molecule has 7 heteroatoms. The van der Waals surface area contributed by atoms with Crippen LogP contribution >= 0.6 is 15.9 Å². The van der Waals surface area contributed by atoms with Crippen molar-refractivity contribution in [2.75, 3.05) is 20.1 Å². The molecule has 0 unspecified atom stereocenters. The predicted octanol–water partition coefficient (Wildman–Crippen LogP) is 1.69. The van der Waals surface area contributed by atoms with E-state index in [1.807, 2.05) is 13.1 Å². The van der Waals surface area contributed by atoms with E-state index in [9.17, 15) is 8.42 Å². The summed E-state index contributed by atoms with van der Waals surface area (Å²) >= 11 is 3.25. The van der Waals surface area contributed by atoms with Crippen molar-refractivity contribution in [1.29, 1.82) is 5.26 Å². The van der Waals surface area contributed by atoms with E-state index in [-0.39, 0.29) is 4.90 Å². The van der Waals surface area contributed by atoms with Crippen LogP contribution in [0.3, 0.4) is 0 Å². The summed E-state index contributed by atoms with van der Waals surface area (Å²) in [5.41, 5.74) is 0.336. The second-order valence-electron chi connectivity index (χ2n) is 4.75. The van der Waals surface area contributed by atoms with Crippen LogP contribution in [0.25, 0.3) is 0 Å². The standard InChI is InChI=1S/C13H16BrN3O2S/c1-16-12-2-4-17(5-3-12)20(18,19)13-7-10(9-15)6-11(14)8-13/h6-8,12,16H,2-5H2,1H3. The van der Waals surface area contributed by atoms with E-state index in [0.717, 1.165) is 12.8 Å². The highest BCUT2D eigenvalue weighted by Gasteiger charge is 2.29. The second kappa shape index (κ2) is 6.22. The van der Waals surface area contributed by atoms with Crippen LogP contribution in [0.5, 0.6) is 0 Å². The maximum Gasteiger partial charge on any atom is 0.243 e. The number of benzene rings is 1. The number of hydrogen-bond donors (Lipinski definition) is 1. The molecule has 0 spiro atoms. The highest BCUT2D eigenvalue weighted by molar-refractivity contribution is 9.10. The molecule has 1 aromatic rings. The van der Waals surface area contributed by atoms with Gasteiger partial charge in [-0.25, -0.2) is 8.42 Å². The summed E-state index contributed by atoms with van der Waals surface area (Å²) in [6.07, 6.45) is 1.60. The second-order valence-corrected chi connectivity index (χ2v) is 7.61. The molecular weight excluding hydrogens is 342 g/mol. The van der Waals surface area contributed by atoms with Gasteiger partial charge in [0.1, 0.15) is 0 Å². The SMILES string of the molecule is CNC1CCN(S(=O)(=O)c2cc(Br)cc(C#N)c2)CC1. The van der Waals surface area contributed by atoms with E-state index in [2.05, 4.69) is 21.2 Å². The molecule has 5 nitrogen and oxygen atoms in total. The predicted molar refractivity (Wildman–Crippen MR) is 79.7 cm³/mol. The van der Waals surface area contributed by atoms with Gasteiger partial charge in [0.15, 0.2) is 0 Å². The normalized spacial score (nSPS) is 17.9. The van der Waals surface area contributed by atoms with E-state index >= 15 is 0 Å². The Morgan fingerprint density at radius 2 is 2.00 bits per heavy atom. The molecule has 1 aliphatic heterocycles. The maximum atomic E-state index is 12.6. The smallest absolute Gasteiger partial charge is 0.243 e. The van der Waals surface area contributed by atoms with Gasteiger partial charge in [-0.2, -0.15) is 9.57 Å². The molecule has 1 N–H and O–H groups in total. The van der Waals surface area contributed by atoms with Crippen LogP contribution < -0.4 is 5.32 Å². The van der Waals surface area contributed by atoms with E-state index in [0.29, 0.717) is 29.2 Å². The third-order valence-electron chi connectivity index (χ3n) is 3.50. The molecule has 1 fully saturated rings. The lowest BCUT2D eigenvalue weighted by Crippen LogP contribution is -2.43. The Labute approximate surface area is 127 Å². The zero-order valence-electron chi connectivity index (χ0n) is 11.1. The molecule has 2 rings (SSSR count). The van der Waals surface area contributed by atoms with Crippen molar-refractivity contribution in [2.24, 2.45) is 0 Å². The fraction of sp³-hybridized carbons (Fsp3) is 0.462. The van der Waals surface area contributed by atoms with Crippen molar-refractivity contribution in [3.8, 4) is 6.07 Å². The molecule has 108 valence electrons. The lowest BCUT2D eigenvalue weighted by atomic mass is 10.1. The van der Waals surface area contributed by atoms with Gasteiger partial charge in [-0.15, -0.1) is 0 Å². The summed E-state index contributed by atoms with van der Waals surface area (Å²) in [4.78, 5) is 0.173. The summed E-state index contributed by atoms with van der Waals surface area (Å²) in [6.45, 7) is 1.00. The lowest BCUT2D eigenvalue weighted by molar-refractivity contribution is 0.298. The van der Waals surface area contributed by atoms with Crippen LogP contribution in [-0.4, -0.2) is 38.9 Å². The minimum Gasteiger partial charge on any atom is -0.317 e. The molecule has 0 radical (unpaired) electrons. The number of hydrogen-bond acceptors (Lipinski definition) is 4. The molecule has 0 bridgehead atoms.